The van der Waals surface area contributed by atoms with Crippen LogP contribution in [0.4, 0.5) is 34.1 Å². The lowest BCUT2D eigenvalue weighted by Gasteiger charge is -2.45. The fourth-order valence-corrected chi connectivity index (χ4v) is 14.8. The summed E-state index contributed by atoms with van der Waals surface area (Å²) in [6.07, 6.45) is 0. The summed E-state index contributed by atoms with van der Waals surface area (Å²) in [5.41, 5.74) is 31.7. The SMILES string of the molecule is Cc1ccc2c(c1)N(c1ccccc1-c1ccccc1)c1cc(C)cc3c1B2c1cc2c(cc1N3c1ccccc1-c1ccccc1)[C@]1(c3ccccc3-c3ccc(-n4c5ccccc5c5ccccc54)cc31)c1ccccc1-2. The second-order valence-corrected chi connectivity index (χ2v) is 22.0. The van der Waals surface area contributed by atoms with E-state index in [2.05, 4.69) is 295 Å². The number of hydrogen-bond acceptors (Lipinski definition) is 2. The van der Waals surface area contributed by atoms with Gasteiger partial charge in [0.2, 0.25) is 0 Å². The number of nitrogens with zero attached hydrogens (tertiary/aromatic N) is 3. The zero-order valence-electron chi connectivity index (χ0n) is 43.8. The van der Waals surface area contributed by atoms with Crippen molar-refractivity contribution >= 4 is 79.0 Å². The number of hydrogen-bond donors (Lipinski definition) is 0. The highest BCUT2D eigenvalue weighted by molar-refractivity contribution is 7.00. The summed E-state index contributed by atoms with van der Waals surface area (Å²) in [4.78, 5) is 5.23. The Labute approximate surface area is 460 Å². The molecule has 79 heavy (non-hydrogen) atoms. The molecular weight excluding hydrogens is 954 g/mol. The van der Waals surface area contributed by atoms with Crippen molar-refractivity contribution in [1.82, 2.24) is 4.57 Å². The summed E-state index contributed by atoms with van der Waals surface area (Å²) >= 11 is 0. The van der Waals surface area contributed by atoms with Crippen molar-refractivity contribution in [3.05, 3.63) is 300 Å². The van der Waals surface area contributed by atoms with Crippen molar-refractivity contribution in [2.45, 2.75) is 19.3 Å². The third-order valence-corrected chi connectivity index (χ3v) is 17.9. The van der Waals surface area contributed by atoms with Crippen molar-refractivity contribution in [3.63, 3.8) is 0 Å². The van der Waals surface area contributed by atoms with E-state index in [0.29, 0.717) is 0 Å². The molecular formula is C75H50BN3. The van der Waals surface area contributed by atoms with E-state index in [1.165, 1.54) is 139 Å². The number of benzene rings is 12. The van der Waals surface area contributed by atoms with Crippen molar-refractivity contribution in [2.24, 2.45) is 0 Å². The van der Waals surface area contributed by atoms with E-state index in [-0.39, 0.29) is 6.71 Å². The molecule has 3 nitrogen and oxygen atoms in total. The average molecular weight is 1000 g/mol. The van der Waals surface area contributed by atoms with Gasteiger partial charge in [-0.2, -0.15) is 0 Å². The Balaban J connectivity index is 0.985. The minimum Gasteiger partial charge on any atom is -0.311 e. The third-order valence-electron chi connectivity index (χ3n) is 17.9. The monoisotopic (exact) mass is 1000 g/mol. The first-order valence-corrected chi connectivity index (χ1v) is 27.7. The second-order valence-electron chi connectivity index (χ2n) is 22.0. The molecule has 17 rings (SSSR count). The van der Waals surface area contributed by atoms with Gasteiger partial charge in [-0.15, -0.1) is 0 Å². The minimum absolute atomic E-state index is 0.0736. The molecule has 0 unspecified atom stereocenters. The lowest BCUT2D eigenvalue weighted by atomic mass is 9.33. The summed E-state index contributed by atoms with van der Waals surface area (Å²) in [5.74, 6) is 0. The molecule has 3 heterocycles. The van der Waals surface area contributed by atoms with Crippen molar-refractivity contribution in [2.75, 3.05) is 9.80 Å². The van der Waals surface area contributed by atoms with Gasteiger partial charge in [-0.3, -0.25) is 0 Å². The van der Waals surface area contributed by atoms with E-state index < -0.39 is 5.41 Å². The van der Waals surface area contributed by atoms with Crippen LogP contribution in [-0.2, 0) is 5.41 Å². The average Bonchev–Trinajstić information content (AvgIpc) is 2.66. The second kappa shape index (κ2) is 16.6. The molecule has 4 aliphatic rings. The molecule has 1 spiro atoms. The summed E-state index contributed by atoms with van der Waals surface area (Å²) in [7, 11) is 0. The molecule has 0 radical (unpaired) electrons. The number of aryl methyl sites for hydroxylation is 2. The summed E-state index contributed by atoms with van der Waals surface area (Å²) in [6.45, 7) is 4.45. The quantitative estimate of drug-likeness (QED) is 0.159. The Hall–Kier alpha value is -9.90. The van der Waals surface area contributed by atoms with E-state index in [4.69, 9.17) is 0 Å². The molecule has 1 atom stereocenters. The molecule has 0 fully saturated rings. The van der Waals surface area contributed by atoms with Crippen LogP contribution in [0.25, 0.3) is 72.0 Å². The Morgan fingerprint density at radius 2 is 0.772 bits per heavy atom. The van der Waals surface area contributed by atoms with Gasteiger partial charge in [0.25, 0.3) is 6.71 Å². The molecule has 0 bridgehead atoms. The Bertz CT molecular complexity index is 4670. The number of para-hydroxylation sites is 4. The number of rotatable bonds is 5. The van der Waals surface area contributed by atoms with E-state index in [9.17, 15) is 0 Å². The first-order valence-electron chi connectivity index (χ1n) is 27.7. The van der Waals surface area contributed by atoms with Crippen LogP contribution in [0.5, 0.6) is 0 Å². The molecule has 0 saturated heterocycles. The standard InChI is InChI=1S/C75H50BN3/c1-47-37-40-64-70(41-47)78(66-33-17-11-25-52(66)49-21-5-3-6-22-49)72-42-48(2)43-73-74(72)76(64)65-45-59-55-28-10-16-32-61(55)75(63(59)46-71(65)79(73)67-34-18-12-26-53(67)50-23-7-4-8-24-50)60-31-15-9-27-54(60)56-39-38-51(44-62(56)75)77-68-35-19-13-29-57(68)58-30-14-20-36-69(58)77/h3-46H,1-2H3/t75-/m1/s1. The number of fused-ring (bicyclic) bond motifs is 17. The third kappa shape index (κ3) is 6.03. The Morgan fingerprint density at radius 1 is 0.304 bits per heavy atom. The van der Waals surface area contributed by atoms with Gasteiger partial charge >= 0.3 is 0 Å². The van der Waals surface area contributed by atoms with Crippen molar-refractivity contribution in [3.8, 4) is 50.2 Å². The lowest BCUT2D eigenvalue weighted by Crippen LogP contribution is -2.61. The topological polar surface area (TPSA) is 11.4 Å². The summed E-state index contributed by atoms with van der Waals surface area (Å²) < 4.78 is 2.49. The summed E-state index contributed by atoms with van der Waals surface area (Å²) in [6, 6.07) is 101. The zero-order valence-corrected chi connectivity index (χ0v) is 43.8. The highest BCUT2D eigenvalue weighted by atomic mass is 15.2. The normalized spacial score (nSPS) is 14.9. The van der Waals surface area contributed by atoms with Gasteiger partial charge in [0.15, 0.2) is 0 Å². The molecule has 4 heteroatoms. The summed E-state index contributed by atoms with van der Waals surface area (Å²) in [5, 5.41) is 2.52. The van der Waals surface area contributed by atoms with Crippen LogP contribution in [0.2, 0.25) is 0 Å². The van der Waals surface area contributed by atoms with Gasteiger partial charge in [-0.25, -0.2) is 0 Å². The zero-order chi connectivity index (χ0) is 52.1. The van der Waals surface area contributed by atoms with Crippen LogP contribution in [0.1, 0.15) is 33.4 Å². The van der Waals surface area contributed by atoms with E-state index in [1.807, 2.05) is 0 Å². The van der Waals surface area contributed by atoms with Gasteiger partial charge in [0, 0.05) is 50.3 Å². The van der Waals surface area contributed by atoms with Gasteiger partial charge in [0.1, 0.15) is 0 Å². The van der Waals surface area contributed by atoms with Gasteiger partial charge < -0.3 is 14.4 Å². The predicted molar refractivity (Wildman–Crippen MR) is 331 cm³/mol. The molecule has 13 aromatic rings. The van der Waals surface area contributed by atoms with Crippen LogP contribution in [-0.4, -0.2) is 11.3 Å². The van der Waals surface area contributed by atoms with Crippen LogP contribution < -0.4 is 26.2 Å². The lowest BCUT2D eigenvalue weighted by molar-refractivity contribution is 0.792. The minimum atomic E-state index is -0.621. The molecule has 12 aromatic carbocycles. The molecule has 0 saturated carbocycles. The molecule has 0 amide bonds. The van der Waals surface area contributed by atoms with Crippen LogP contribution in [0, 0.1) is 13.8 Å². The molecule has 0 N–H and O–H groups in total. The van der Waals surface area contributed by atoms with Gasteiger partial charge in [-0.1, -0.05) is 206 Å². The predicted octanol–water partition coefficient (Wildman–Crippen LogP) is 17.2. The van der Waals surface area contributed by atoms with Crippen LogP contribution >= 0.6 is 0 Å². The van der Waals surface area contributed by atoms with Crippen LogP contribution in [0.3, 0.4) is 0 Å². The van der Waals surface area contributed by atoms with E-state index >= 15 is 0 Å². The van der Waals surface area contributed by atoms with Gasteiger partial charge in [-0.05, 0) is 158 Å². The maximum atomic E-state index is 2.65. The largest absolute Gasteiger partial charge is 0.311 e. The fraction of sp³-hybridized carbons (Fsp3) is 0.0400. The highest BCUT2D eigenvalue weighted by Crippen LogP contribution is 2.64. The van der Waals surface area contributed by atoms with Gasteiger partial charge in [0.05, 0.1) is 27.8 Å². The highest BCUT2D eigenvalue weighted by Gasteiger charge is 2.54. The fourth-order valence-electron chi connectivity index (χ4n) is 14.8. The Kier molecular flexibility index (Phi) is 9.27. The maximum absolute atomic E-state index is 2.65. The molecule has 1 aromatic heterocycles. The van der Waals surface area contributed by atoms with E-state index in [0.717, 1.165) is 17.1 Å². The van der Waals surface area contributed by atoms with Crippen molar-refractivity contribution < 1.29 is 0 Å². The van der Waals surface area contributed by atoms with E-state index in [1.54, 1.807) is 0 Å². The first kappa shape index (κ1) is 44.3. The smallest absolute Gasteiger partial charge is 0.252 e. The number of anilines is 6. The molecule has 2 aliphatic carbocycles. The number of aromatic nitrogens is 1. The maximum Gasteiger partial charge on any atom is 0.252 e. The Morgan fingerprint density at radius 3 is 1.38 bits per heavy atom. The van der Waals surface area contributed by atoms with Crippen molar-refractivity contribution in [1.29, 1.82) is 0 Å². The molecule has 368 valence electrons. The molecule has 2 aliphatic heterocycles. The van der Waals surface area contributed by atoms with Crippen LogP contribution in [0.15, 0.2) is 267 Å². The first-order chi connectivity index (χ1) is 39.0.